The first kappa shape index (κ1) is 14.3. The summed E-state index contributed by atoms with van der Waals surface area (Å²) in [6.07, 6.45) is 10.1. The minimum Gasteiger partial charge on any atom is -0.326 e. The maximum Gasteiger partial charge on any atom is 0.0219 e. The summed E-state index contributed by atoms with van der Waals surface area (Å²) in [6, 6.07) is 1.77. The first-order valence-corrected chi connectivity index (χ1v) is 7.75. The molecule has 2 fully saturated rings. The summed E-state index contributed by atoms with van der Waals surface area (Å²) in [6.45, 7) is 2.03. The fraction of sp³-hybridized carbons (Fsp3) is 1.00. The maximum atomic E-state index is 6.12. The molecule has 106 valence electrons. The van der Waals surface area contributed by atoms with Crippen molar-refractivity contribution in [3.05, 3.63) is 0 Å². The van der Waals surface area contributed by atoms with Crippen LogP contribution in [-0.2, 0) is 0 Å². The fourth-order valence-corrected chi connectivity index (χ4v) is 3.34. The third kappa shape index (κ3) is 4.19. The van der Waals surface area contributed by atoms with E-state index in [4.69, 9.17) is 11.5 Å². The third-order valence-electron chi connectivity index (χ3n) is 4.58. The van der Waals surface area contributed by atoms with Crippen LogP contribution >= 0.6 is 0 Å². The van der Waals surface area contributed by atoms with Crippen molar-refractivity contribution in [1.82, 2.24) is 10.6 Å². The predicted molar refractivity (Wildman–Crippen MR) is 76.5 cm³/mol. The van der Waals surface area contributed by atoms with Crippen LogP contribution in [0.3, 0.4) is 0 Å². The van der Waals surface area contributed by atoms with Gasteiger partial charge in [0.25, 0.3) is 0 Å². The van der Waals surface area contributed by atoms with Crippen molar-refractivity contribution >= 4 is 0 Å². The average Bonchev–Trinajstić information content (AvgIpc) is 2.38. The summed E-state index contributed by atoms with van der Waals surface area (Å²) in [5, 5.41) is 7.19. The molecule has 0 spiro atoms. The van der Waals surface area contributed by atoms with E-state index in [1.807, 2.05) is 0 Å². The molecule has 2 rings (SSSR count). The molecule has 0 heterocycles. The quantitative estimate of drug-likeness (QED) is 0.545. The lowest BCUT2D eigenvalue weighted by Crippen LogP contribution is -2.51. The average molecular weight is 254 g/mol. The smallest absolute Gasteiger partial charge is 0.0219 e. The highest BCUT2D eigenvalue weighted by Gasteiger charge is 2.22. The Kier molecular flexibility index (Phi) is 5.89. The van der Waals surface area contributed by atoms with Crippen molar-refractivity contribution in [3.63, 3.8) is 0 Å². The normalized spacial score (nSPS) is 37.7. The molecule has 2 aliphatic carbocycles. The number of hydrogen-bond acceptors (Lipinski definition) is 4. The van der Waals surface area contributed by atoms with Crippen LogP contribution in [0.25, 0.3) is 0 Å². The summed E-state index contributed by atoms with van der Waals surface area (Å²) >= 11 is 0. The van der Waals surface area contributed by atoms with Crippen LogP contribution in [0.1, 0.15) is 51.4 Å². The molecule has 6 N–H and O–H groups in total. The van der Waals surface area contributed by atoms with Gasteiger partial charge in [-0.3, -0.25) is 0 Å². The van der Waals surface area contributed by atoms with E-state index in [2.05, 4.69) is 10.6 Å². The van der Waals surface area contributed by atoms with Gasteiger partial charge < -0.3 is 22.1 Å². The zero-order valence-electron chi connectivity index (χ0n) is 11.5. The number of nitrogens with one attached hydrogen (secondary N) is 2. The maximum absolute atomic E-state index is 6.12. The van der Waals surface area contributed by atoms with Gasteiger partial charge in [0.05, 0.1) is 0 Å². The summed E-state index contributed by atoms with van der Waals surface area (Å²) < 4.78 is 0. The van der Waals surface area contributed by atoms with Crippen molar-refractivity contribution in [2.45, 2.75) is 75.5 Å². The van der Waals surface area contributed by atoms with E-state index in [1.165, 1.54) is 51.4 Å². The van der Waals surface area contributed by atoms with Gasteiger partial charge in [-0.15, -0.1) is 0 Å². The topological polar surface area (TPSA) is 76.1 Å². The molecule has 18 heavy (non-hydrogen) atoms. The van der Waals surface area contributed by atoms with E-state index in [0.29, 0.717) is 24.2 Å². The molecule has 0 bridgehead atoms. The van der Waals surface area contributed by atoms with Gasteiger partial charge >= 0.3 is 0 Å². The Morgan fingerprint density at radius 2 is 1.06 bits per heavy atom. The molecular weight excluding hydrogens is 224 g/mol. The Bertz CT molecular complexity index is 210. The van der Waals surface area contributed by atoms with Crippen LogP contribution in [0.4, 0.5) is 0 Å². The Hall–Kier alpha value is -0.160. The van der Waals surface area contributed by atoms with Crippen LogP contribution < -0.4 is 22.1 Å². The van der Waals surface area contributed by atoms with Gasteiger partial charge in [0.1, 0.15) is 0 Å². The van der Waals surface area contributed by atoms with Crippen LogP contribution in [0.15, 0.2) is 0 Å². The zero-order valence-corrected chi connectivity index (χ0v) is 11.5. The lowest BCUT2D eigenvalue weighted by molar-refractivity contribution is 0.306. The van der Waals surface area contributed by atoms with Gasteiger partial charge in [0.15, 0.2) is 0 Å². The molecule has 2 aliphatic rings. The Labute approximate surface area is 111 Å². The second kappa shape index (κ2) is 7.43. The molecule has 0 aliphatic heterocycles. The van der Waals surface area contributed by atoms with Gasteiger partial charge in [-0.05, 0) is 25.7 Å². The highest BCUT2D eigenvalue weighted by Crippen LogP contribution is 2.17. The van der Waals surface area contributed by atoms with E-state index in [9.17, 15) is 0 Å². The molecule has 2 saturated carbocycles. The lowest BCUT2D eigenvalue weighted by atomic mass is 9.90. The van der Waals surface area contributed by atoms with Gasteiger partial charge in [0, 0.05) is 37.3 Å². The van der Waals surface area contributed by atoms with Crippen LogP contribution in [0.2, 0.25) is 0 Å². The van der Waals surface area contributed by atoms with E-state index >= 15 is 0 Å². The first-order chi connectivity index (χ1) is 8.77. The SMILES string of the molecule is N[C@@H]1CCCCC1NCCNC1CCCC[C@@H]1N. The number of rotatable bonds is 5. The Morgan fingerprint density at radius 1 is 0.667 bits per heavy atom. The standard InChI is InChI=1S/C14H30N4/c15-11-5-1-3-7-13(11)17-9-10-18-14-8-4-2-6-12(14)16/h11-14,17-18H,1-10,15-16H2/t11-,12+,13?,14?. The highest BCUT2D eigenvalue weighted by molar-refractivity contribution is 4.86. The Morgan fingerprint density at radius 3 is 1.44 bits per heavy atom. The summed E-state index contributed by atoms with van der Waals surface area (Å²) in [5.41, 5.74) is 12.2. The van der Waals surface area contributed by atoms with E-state index in [0.717, 1.165) is 13.1 Å². The van der Waals surface area contributed by atoms with Gasteiger partial charge in [-0.2, -0.15) is 0 Å². The minimum atomic E-state index is 0.357. The molecule has 0 amide bonds. The minimum absolute atomic E-state index is 0.357. The van der Waals surface area contributed by atoms with Gasteiger partial charge in [0.2, 0.25) is 0 Å². The molecular formula is C14H30N4. The molecule has 2 unspecified atom stereocenters. The van der Waals surface area contributed by atoms with Crippen molar-refractivity contribution in [3.8, 4) is 0 Å². The van der Waals surface area contributed by atoms with Crippen molar-refractivity contribution < 1.29 is 0 Å². The molecule has 0 radical (unpaired) electrons. The number of nitrogens with two attached hydrogens (primary N) is 2. The molecule has 4 atom stereocenters. The van der Waals surface area contributed by atoms with Crippen LogP contribution in [0, 0.1) is 0 Å². The highest BCUT2D eigenvalue weighted by atomic mass is 15.0. The van der Waals surface area contributed by atoms with E-state index in [-0.39, 0.29) is 0 Å². The second-order valence-electron chi connectivity index (χ2n) is 6.02. The van der Waals surface area contributed by atoms with E-state index in [1.54, 1.807) is 0 Å². The number of hydrogen-bond donors (Lipinski definition) is 4. The third-order valence-corrected chi connectivity index (χ3v) is 4.58. The van der Waals surface area contributed by atoms with Crippen LogP contribution in [0.5, 0.6) is 0 Å². The van der Waals surface area contributed by atoms with Gasteiger partial charge in [-0.1, -0.05) is 25.7 Å². The second-order valence-corrected chi connectivity index (χ2v) is 6.02. The molecule has 4 heteroatoms. The van der Waals surface area contributed by atoms with Crippen molar-refractivity contribution in [2.24, 2.45) is 11.5 Å². The summed E-state index contributed by atoms with van der Waals surface area (Å²) in [4.78, 5) is 0. The summed E-state index contributed by atoms with van der Waals surface area (Å²) in [5.74, 6) is 0. The van der Waals surface area contributed by atoms with E-state index < -0.39 is 0 Å². The molecule has 4 nitrogen and oxygen atoms in total. The predicted octanol–water partition coefficient (Wildman–Crippen LogP) is 0.705. The molecule has 0 saturated heterocycles. The lowest BCUT2D eigenvalue weighted by Gasteiger charge is -2.31. The monoisotopic (exact) mass is 254 g/mol. The largest absolute Gasteiger partial charge is 0.326 e. The van der Waals surface area contributed by atoms with Gasteiger partial charge in [-0.25, -0.2) is 0 Å². The first-order valence-electron chi connectivity index (χ1n) is 7.75. The Balaban J connectivity index is 1.57. The molecule has 0 aromatic heterocycles. The molecule has 0 aromatic rings. The van der Waals surface area contributed by atoms with Crippen molar-refractivity contribution in [1.29, 1.82) is 0 Å². The summed E-state index contributed by atoms with van der Waals surface area (Å²) in [7, 11) is 0. The zero-order chi connectivity index (χ0) is 12.8. The van der Waals surface area contributed by atoms with Crippen molar-refractivity contribution in [2.75, 3.05) is 13.1 Å². The molecule has 0 aromatic carbocycles. The fourth-order valence-electron chi connectivity index (χ4n) is 3.34. The van der Waals surface area contributed by atoms with Crippen LogP contribution in [-0.4, -0.2) is 37.3 Å².